The smallest absolute Gasteiger partial charge is 0.268 e. The number of Topliss-reactive ketones (excluding diaryl/α,β-unsaturated/α-hetero) is 1. The predicted octanol–water partition coefficient (Wildman–Crippen LogP) is 4.64. The minimum Gasteiger partial charge on any atom is -0.292 e. The van der Waals surface area contributed by atoms with Crippen LogP contribution in [0.1, 0.15) is 41.4 Å². The molecule has 4 nitrogen and oxygen atoms in total. The minimum atomic E-state index is -3.90. The lowest BCUT2D eigenvalue weighted by Crippen LogP contribution is -2.20. The van der Waals surface area contributed by atoms with Gasteiger partial charge < -0.3 is 0 Å². The van der Waals surface area contributed by atoms with Gasteiger partial charge in [-0.1, -0.05) is 61.9 Å². The van der Waals surface area contributed by atoms with Gasteiger partial charge in [0.05, 0.1) is 10.6 Å². The van der Waals surface area contributed by atoms with Gasteiger partial charge >= 0.3 is 0 Å². The molecule has 0 N–H and O–H groups in total. The standard InChI is InChI=1S/C22H21NO3S/c1-14-9-11-18(12-10-14)27(25,26)23-20(17-7-5-4-6-8-17)13-19-15(2)16(3)22(24)21(19)23/h4-13,15-16H,1-3H3/t15-,16+/m1/s1. The van der Waals surface area contributed by atoms with E-state index in [1.54, 1.807) is 24.3 Å². The molecule has 1 aliphatic carbocycles. The molecule has 5 heteroatoms. The van der Waals surface area contributed by atoms with Crippen molar-refractivity contribution in [3.63, 3.8) is 0 Å². The van der Waals surface area contributed by atoms with E-state index >= 15 is 0 Å². The van der Waals surface area contributed by atoms with Crippen molar-refractivity contribution in [3.05, 3.63) is 77.5 Å². The molecule has 3 aromatic rings. The maximum absolute atomic E-state index is 13.5. The maximum Gasteiger partial charge on any atom is 0.268 e. The fourth-order valence-corrected chi connectivity index (χ4v) is 5.23. The van der Waals surface area contributed by atoms with Gasteiger partial charge in [-0.15, -0.1) is 0 Å². The Labute approximate surface area is 159 Å². The Balaban J connectivity index is 2.03. The van der Waals surface area contributed by atoms with E-state index in [9.17, 15) is 13.2 Å². The number of fused-ring (bicyclic) bond motifs is 1. The highest BCUT2D eigenvalue weighted by Crippen LogP contribution is 2.43. The van der Waals surface area contributed by atoms with Gasteiger partial charge in [0.15, 0.2) is 5.78 Å². The molecular weight excluding hydrogens is 358 g/mol. The average Bonchev–Trinajstić information content (AvgIpc) is 3.16. The first kappa shape index (κ1) is 17.7. The molecule has 4 rings (SSSR count). The van der Waals surface area contributed by atoms with Crippen LogP contribution in [0.5, 0.6) is 0 Å². The van der Waals surface area contributed by atoms with E-state index in [1.807, 2.05) is 57.2 Å². The third kappa shape index (κ3) is 2.65. The van der Waals surface area contributed by atoms with E-state index in [4.69, 9.17) is 0 Å². The van der Waals surface area contributed by atoms with Crippen molar-refractivity contribution in [2.45, 2.75) is 31.6 Å². The lowest BCUT2D eigenvalue weighted by molar-refractivity contribution is 0.0931. The third-order valence-corrected chi connectivity index (χ3v) is 7.23. The van der Waals surface area contributed by atoms with Crippen LogP contribution in [0.4, 0.5) is 0 Å². The molecule has 0 aliphatic heterocycles. The first-order valence-electron chi connectivity index (χ1n) is 9.00. The quantitative estimate of drug-likeness (QED) is 0.666. The van der Waals surface area contributed by atoms with Crippen molar-refractivity contribution in [1.82, 2.24) is 3.97 Å². The lowest BCUT2D eigenvalue weighted by Gasteiger charge is -2.14. The summed E-state index contributed by atoms with van der Waals surface area (Å²) in [4.78, 5) is 13.1. The lowest BCUT2D eigenvalue weighted by atomic mass is 9.96. The highest BCUT2D eigenvalue weighted by Gasteiger charge is 2.41. The SMILES string of the molecule is Cc1ccc(S(=O)(=O)n2c(-c3ccccc3)cc3c2C(=O)[C@@H](C)[C@H]3C)cc1. The van der Waals surface area contributed by atoms with Crippen molar-refractivity contribution in [3.8, 4) is 11.3 Å². The molecule has 1 heterocycles. The second-order valence-electron chi connectivity index (χ2n) is 7.22. The van der Waals surface area contributed by atoms with Crippen LogP contribution in [-0.2, 0) is 10.0 Å². The normalized spacial score (nSPS) is 19.3. The summed E-state index contributed by atoms with van der Waals surface area (Å²) in [5.41, 5.74) is 3.40. The number of rotatable bonds is 3. The topological polar surface area (TPSA) is 56.1 Å². The van der Waals surface area contributed by atoms with Crippen molar-refractivity contribution in [2.24, 2.45) is 5.92 Å². The summed E-state index contributed by atoms with van der Waals surface area (Å²) < 4.78 is 28.3. The summed E-state index contributed by atoms with van der Waals surface area (Å²) in [6.07, 6.45) is 0. The molecule has 1 aromatic heterocycles. The van der Waals surface area contributed by atoms with Crippen molar-refractivity contribution < 1.29 is 13.2 Å². The molecule has 1 aliphatic rings. The van der Waals surface area contributed by atoms with E-state index < -0.39 is 10.0 Å². The van der Waals surface area contributed by atoms with Gasteiger partial charge in [0.1, 0.15) is 5.69 Å². The van der Waals surface area contributed by atoms with Gasteiger partial charge in [0.2, 0.25) is 0 Å². The van der Waals surface area contributed by atoms with Crippen LogP contribution in [0.15, 0.2) is 65.6 Å². The number of hydrogen-bond acceptors (Lipinski definition) is 3. The Hall–Kier alpha value is -2.66. The van der Waals surface area contributed by atoms with Gasteiger partial charge in [-0.25, -0.2) is 12.4 Å². The zero-order valence-corrected chi connectivity index (χ0v) is 16.3. The van der Waals surface area contributed by atoms with Crippen molar-refractivity contribution in [1.29, 1.82) is 0 Å². The maximum atomic E-state index is 13.5. The fourth-order valence-electron chi connectivity index (χ4n) is 3.69. The number of aryl methyl sites for hydroxylation is 1. The number of benzene rings is 2. The Morgan fingerprint density at radius 2 is 1.52 bits per heavy atom. The number of ketones is 1. The molecule has 0 bridgehead atoms. The monoisotopic (exact) mass is 379 g/mol. The van der Waals surface area contributed by atoms with Crippen LogP contribution in [0.3, 0.4) is 0 Å². The number of carbonyl (C=O) groups is 1. The number of hydrogen-bond donors (Lipinski definition) is 0. The van der Waals surface area contributed by atoms with Gasteiger partial charge in [-0.2, -0.15) is 0 Å². The van der Waals surface area contributed by atoms with Crippen LogP contribution in [0, 0.1) is 12.8 Å². The highest BCUT2D eigenvalue weighted by molar-refractivity contribution is 7.90. The molecular formula is C22H21NO3S. The molecule has 0 fully saturated rings. The van der Waals surface area contributed by atoms with E-state index in [0.29, 0.717) is 11.4 Å². The van der Waals surface area contributed by atoms with Crippen LogP contribution in [-0.4, -0.2) is 18.2 Å². The number of aromatic nitrogens is 1. The minimum absolute atomic E-state index is 0.00979. The summed E-state index contributed by atoms with van der Waals surface area (Å²) in [5.74, 6) is -0.348. The molecule has 0 saturated heterocycles. The zero-order chi connectivity index (χ0) is 19.3. The second-order valence-corrected chi connectivity index (χ2v) is 9.01. The summed E-state index contributed by atoms with van der Waals surface area (Å²) in [6.45, 7) is 5.75. The first-order valence-corrected chi connectivity index (χ1v) is 10.4. The molecule has 0 amide bonds. The van der Waals surface area contributed by atoms with Gasteiger partial charge in [0.25, 0.3) is 10.0 Å². The molecule has 0 radical (unpaired) electrons. The van der Waals surface area contributed by atoms with E-state index in [-0.39, 0.29) is 22.5 Å². The first-order chi connectivity index (χ1) is 12.8. The van der Waals surface area contributed by atoms with Crippen molar-refractivity contribution >= 4 is 15.8 Å². The highest BCUT2D eigenvalue weighted by atomic mass is 32.2. The van der Waals surface area contributed by atoms with E-state index in [0.717, 1.165) is 16.7 Å². The average molecular weight is 379 g/mol. The van der Waals surface area contributed by atoms with Crippen LogP contribution < -0.4 is 0 Å². The number of carbonyl (C=O) groups excluding carboxylic acids is 1. The molecule has 2 atom stereocenters. The summed E-state index contributed by atoms with van der Waals surface area (Å²) >= 11 is 0. The Morgan fingerprint density at radius 3 is 2.15 bits per heavy atom. The molecule has 0 unspecified atom stereocenters. The van der Waals surface area contributed by atoms with E-state index in [2.05, 4.69) is 0 Å². The van der Waals surface area contributed by atoms with Gasteiger partial charge in [0, 0.05) is 5.92 Å². The zero-order valence-electron chi connectivity index (χ0n) is 15.5. The van der Waals surface area contributed by atoms with Gasteiger partial charge in [-0.05, 0) is 42.2 Å². The van der Waals surface area contributed by atoms with Crippen LogP contribution >= 0.6 is 0 Å². The Kier molecular flexibility index (Phi) is 4.07. The third-order valence-electron chi connectivity index (χ3n) is 5.50. The Morgan fingerprint density at radius 1 is 0.889 bits per heavy atom. The Bertz CT molecular complexity index is 1130. The fraction of sp³-hybridized carbons (Fsp3) is 0.227. The molecule has 2 aromatic carbocycles. The summed E-state index contributed by atoms with van der Waals surface area (Å²) in [5, 5.41) is 0. The largest absolute Gasteiger partial charge is 0.292 e. The molecule has 138 valence electrons. The second kappa shape index (κ2) is 6.20. The van der Waals surface area contributed by atoms with Crippen LogP contribution in [0.25, 0.3) is 11.3 Å². The summed E-state index contributed by atoms with van der Waals surface area (Å²) in [7, 11) is -3.90. The van der Waals surface area contributed by atoms with Crippen LogP contribution in [0.2, 0.25) is 0 Å². The molecule has 0 saturated carbocycles. The predicted molar refractivity (Wildman–Crippen MR) is 106 cm³/mol. The van der Waals surface area contributed by atoms with Crippen molar-refractivity contribution in [2.75, 3.05) is 0 Å². The van der Waals surface area contributed by atoms with E-state index in [1.165, 1.54) is 3.97 Å². The van der Waals surface area contributed by atoms with Gasteiger partial charge in [-0.3, -0.25) is 4.79 Å². The molecule has 27 heavy (non-hydrogen) atoms. The summed E-state index contributed by atoms with van der Waals surface area (Å²) in [6, 6.07) is 17.9. The molecule has 0 spiro atoms. The number of nitrogens with zero attached hydrogens (tertiary/aromatic N) is 1.